The molecule has 0 radical (unpaired) electrons. The molecule has 1 N–H and O–H groups in total. The number of nitrogens with one attached hydrogen (secondary N) is 1. The first-order valence-corrected chi connectivity index (χ1v) is 2.76. The number of carbonyl (C=O) groups excluding carboxylic acids is 1. The zero-order valence-corrected chi connectivity index (χ0v) is 5.39. The van der Waals surface area contributed by atoms with Crippen molar-refractivity contribution in [1.29, 1.82) is 0 Å². The van der Waals surface area contributed by atoms with E-state index in [0.29, 0.717) is 13.0 Å². The van der Waals surface area contributed by atoms with Gasteiger partial charge in [0.05, 0.1) is 0 Å². The van der Waals surface area contributed by atoms with Gasteiger partial charge in [0.1, 0.15) is 12.5 Å². The number of rotatable bonds is 5. The molecule has 0 unspecified atom stereocenters. The molecule has 0 aliphatic carbocycles. The minimum absolute atomic E-state index is 0.0906. The molecule has 4 heteroatoms. The number of carbonyl (C=O) groups is 1. The minimum Gasteiger partial charge on any atom is -0.300 e. The standard InChI is InChI=1S/C5H10N2O2/c1-5(8)2-3-6-4-7-9/h6H,2-4H2,1H3. The van der Waals surface area contributed by atoms with Crippen LogP contribution in [0.1, 0.15) is 13.3 Å². The Morgan fingerprint density at radius 3 is 2.78 bits per heavy atom. The van der Waals surface area contributed by atoms with E-state index in [-0.39, 0.29) is 12.5 Å². The maximum atomic E-state index is 10.3. The lowest BCUT2D eigenvalue weighted by Crippen LogP contribution is -2.16. The van der Waals surface area contributed by atoms with Crippen LogP contribution in [-0.4, -0.2) is 19.0 Å². The molecule has 0 aromatic heterocycles. The Morgan fingerprint density at radius 2 is 2.33 bits per heavy atom. The molecule has 0 amide bonds. The Bertz CT molecular complexity index is 103. The maximum absolute atomic E-state index is 10.3. The normalized spacial score (nSPS) is 9.00. The predicted molar refractivity (Wildman–Crippen MR) is 34.0 cm³/mol. The number of nitroso groups, excluding NO2 is 1. The second-order valence-corrected chi connectivity index (χ2v) is 1.74. The monoisotopic (exact) mass is 130 g/mol. The van der Waals surface area contributed by atoms with E-state index in [1.54, 1.807) is 0 Å². The molecular weight excluding hydrogens is 120 g/mol. The quantitative estimate of drug-likeness (QED) is 0.429. The van der Waals surface area contributed by atoms with Gasteiger partial charge in [-0.15, -0.1) is 4.91 Å². The molecule has 0 saturated heterocycles. The molecule has 0 aromatic carbocycles. The van der Waals surface area contributed by atoms with Crippen LogP contribution < -0.4 is 5.32 Å². The van der Waals surface area contributed by atoms with Crippen molar-refractivity contribution >= 4 is 5.78 Å². The summed E-state index contributed by atoms with van der Waals surface area (Å²) in [6.07, 6.45) is 0.468. The van der Waals surface area contributed by atoms with E-state index in [1.165, 1.54) is 6.92 Å². The van der Waals surface area contributed by atoms with Gasteiger partial charge >= 0.3 is 0 Å². The van der Waals surface area contributed by atoms with Gasteiger partial charge in [-0.05, 0) is 6.92 Å². The number of Topliss-reactive ketones (excluding diaryl/α,β-unsaturated/α-hetero) is 1. The molecule has 0 fully saturated rings. The fraction of sp³-hybridized carbons (Fsp3) is 0.800. The first-order valence-electron chi connectivity index (χ1n) is 2.76. The van der Waals surface area contributed by atoms with Crippen molar-refractivity contribution in [2.75, 3.05) is 13.2 Å². The van der Waals surface area contributed by atoms with Gasteiger partial charge in [0.25, 0.3) is 0 Å². The lowest BCUT2D eigenvalue weighted by Gasteiger charge is -1.93. The van der Waals surface area contributed by atoms with Crippen LogP contribution in [0.2, 0.25) is 0 Å². The molecular formula is C5H10N2O2. The molecule has 0 rings (SSSR count). The first-order chi connectivity index (χ1) is 4.27. The summed E-state index contributed by atoms with van der Waals surface area (Å²) in [5.74, 6) is 0.119. The third-order valence-corrected chi connectivity index (χ3v) is 0.830. The minimum atomic E-state index is 0.0906. The largest absolute Gasteiger partial charge is 0.300 e. The number of hydrogen-bond donors (Lipinski definition) is 1. The summed E-state index contributed by atoms with van der Waals surface area (Å²) >= 11 is 0. The number of ketones is 1. The fourth-order valence-corrected chi connectivity index (χ4v) is 0.389. The topological polar surface area (TPSA) is 58.5 Å². The highest BCUT2D eigenvalue weighted by Gasteiger charge is 1.90. The number of hydrogen-bond acceptors (Lipinski definition) is 4. The van der Waals surface area contributed by atoms with Gasteiger partial charge in [-0.2, -0.15) is 0 Å². The van der Waals surface area contributed by atoms with Crippen molar-refractivity contribution in [3.63, 3.8) is 0 Å². The van der Waals surface area contributed by atoms with E-state index in [1.807, 2.05) is 0 Å². The third kappa shape index (κ3) is 7.23. The zero-order valence-electron chi connectivity index (χ0n) is 5.39. The summed E-state index contributed by atoms with van der Waals surface area (Å²) in [7, 11) is 0. The van der Waals surface area contributed by atoms with Crippen molar-refractivity contribution in [2.24, 2.45) is 5.18 Å². The Hall–Kier alpha value is -0.770. The smallest absolute Gasteiger partial charge is 0.131 e. The van der Waals surface area contributed by atoms with Gasteiger partial charge in [-0.25, -0.2) is 0 Å². The molecule has 0 aliphatic rings. The Kier molecular flexibility index (Phi) is 4.91. The second-order valence-electron chi connectivity index (χ2n) is 1.74. The van der Waals surface area contributed by atoms with Crippen LogP contribution in [-0.2, 0) is 4.79 Å². The van der Waals surface area contributed by atoms with E-state index in [0.717, 1.165) is 0 Å². The van der Waals surface area contributed by atoms with Gasteiger partial charge in [0, 0.05) is 13.0 Å². The zero-order chi connectivity index (χ0) is 7.11. The van der Waals surface area contributed by atoms with Crippen LogP contribution in [0.15, 0.2) is 5.18 Å². The molecule has 0 saturated carbocycles. The van der Waals surface area contributed by atoms with Crippen molar-refractivity contribution in [1.82, 2.24) is 5.32 Å². The van der Waals surface area contributed by atoms with Crippen LogP contribution in [0.5, 0.6) is 0 Å². The lowest BCUT2D eigenvalue weighted by atomic mass is 10.3. The van der Waals surface area contributed by atoms with Crippen molar-refractivity contribution in [3.8, 4) is 0 Å². The summed E-state index contributed by atoms with van der Waals surface area (Å²) in [4.78, 5) is 19.7. The van der Waals surface area contributed by atoms with Crippen LogP contribution in [0, 0.1) is 4.91 Å². The van der Waals surface area contributed by atoms with E-state index in [4.69, 9.17) is 0 Å². The summed E-state index contributed by atoms with van der Waals surface area (Å²) in [5, 5.41) is 5.23. The average molecular weight is 130 g/mol. The van der Waals surface area contributed by atoms with Gasteiger partial charge in [-0.3, -0.25) is 10.1 Å². The van der Waals surface area contributed by atoms with E-state index in [2.05, 4.69) is 10.5 Å². The van der Waals surface area contributed by atoms with Crippen molar-refractivity contribution < 1.29 is 4.79 Å². The van der Waals surface area contributed by atoms with E-state index >= 15 is 0 Å². The Balaban J connectivity index is 2.91. The second kappa shape index (κ2) is 5.37. The molecule has 0 heterocycles. The molecule has 4 nitrogen and oxygen atoms in total. The van der Waals surface area contributed by atoms with E-state index < -0.39 is 0 Å². The van der Waals surface area contributed by atoms with Crippen molar-refractivity contribution in [3.05, 3.63) is 4.91 Å². The highest BCUT2D eigenvalue weighted by atomic mass is 16.3. The van der Waals surface area contributed by atoms with Crippen LogP contribution >= 0.6 is 0 Å². The van der Waals surface area contributed by atoms with Gasteiger partial charge in [0.2, 0.25) is 0 Å². The Labute approximate surface area is 53.6 Å². The highest BCUT2D eigenvalue weighted by molar-refractivity contribution is 5.75. The molecule has 0 aliphatic heterocycles. The molecule has 0 bridgehead atoms. The molecule has 9 heavy (non-hydrogen) atoms. The highest BCUT2D eigenvalue weighted by Crippen LogP contribution is 1.76. The van der Waals surface area contributed by atoms with Gasteiger partial charge in [-0.1, -0.05) is 5.18 Å². The molecule has 0 aromatic rings. The molecule has 0 atom stereocenters. The first kappa shape index (κ1) is 8.23. The van der Waals surface area contributed by atoms with Crippen LogP contribution in [0.25, 0.3) is 0 Å². The Morgan fingerprint density at radius 1 is 1.67 bits per heavy atom. The summed E-state index contributed by atoms with van der Waals surface area (Å²) in [6, 6.07) is 0. The molecule has 52 valence electrons. The summed E-state index contributed by atoms with van der Waals surface area (Å²) in [5.41, 5.74) is 0. The lowest BCUT2D eigenvalue weighted by molar-refractivity contribution is -0.116. The third-order valence-electron chi connectivity index (χ3n) is 0.830. The van der Waals surface area contributed by atoms with E-state index in [9.17, 15) is 9.70 Å². The SMILES string of the molecule is CC(=O)CCNCN=O. The summed E-state index contributed by atoms with van der Waals surface area (Å²) in [6.45, 7) is 2.14. The number of nitrogens with zero attached hydrogens (tertiary/aromatic N) is 1. The average Bonchev–Trinajstić information content (AvgIpc) is 1.80. The predicted octanol–water partition coefficient (Wildman–Crippen LogP) is 0.279. The van der Waals surface area contributed by atoms with Crippen molar-refractivity contribution in [2.45, 2.75) is 13.3 Å². The van der Waals surface area contributed by atoms with Gasteiger partial charge in [0.15, 0.2) is 0 Å². The van der Waals surface area contributed by atoms with Crippen LogP contribution in [0.3, 0.4) is 0 Å². The molecule has 0 spiro atoms. The van der Waals surface area contributed by atoms with Gasteiger partial charge < -0.3 is 0 Å². The van der Waals surface area contributed by atoms with Crippen LogP contribution in [0.4, 0.5) is 0 Å². The fourth-order valence-electron chi connectivity index (χ4n) is 0.389. The summed E-state index contributed by atoms with van der Waals surface area (Å²) < 4.78 is 0. The maximum Gasteiger partial charge on any atom is 0.131 e.